The highest BCUT2D eigenvalue weighted by molar-refractivity contribution is 7.92. The van der Waals surface area contributed by atoms with Gasteiger partial charge in [0.05, 0.1) is 16.1 Å². The number of aliphatic imine (C=N–C) groups is 1. The SMILES string of the molecule is CN=C(NCCS(=O)(=O)C(C)(C)C)NC1CCN(Cc2ccc(C(F)(F)F)cc2)C1. The summed E-state index contributed by atoms with van der Waals surface area (Å²) in [5.41, 5.74) is 0.189. The zero-order valence-electron chi connectivity index (χ0n) is 17.9. The Hall–Kier alpha value is -1.81. The van der Waals surface area contributed by atoms with E-state index in [1.54, 1.807) is 27.8 Å². The molecule has 2 N–H and O–H groups in total. The standard InChI is InChI=1S/C20H31F3N4O2S/c1-19(2,3)30(28,29)12-10-25-18(24-4)26-17-9-11-27(14-17)13-15-5-7-16(8-6-15)20(21,22)23/h5-8,17H,9-14H2,1-4H3,(H2,24,25,26). The van der Waals surface area contributed by atoms with Crippen molar-refractivity contribution in [2.24, 2.45) is 4.99 Å². The van der Waals surface area contributed by atoms with Gasteiger partial charge in [-0.3, -0.25) is 9.89 Å². The Morgan fingerprint density at radius 3 is 2.37 bits per heavy atom. The van der Waals surface area contributed by atoms with Gasteiger partial charge in [0, 0.05) is 39.3 Å². The molecule has 0 bridgehead atoms. The highest BCUT2D eigenvalue weighted by atomic mass is 32.2. The number of nitrogens with zero attached hydrogens (tertiary/aromatic N) is 2. The molecule has 0 amide bonds. The molecule has 6 nitrogen and oxygen atoms in total. The van der Waals surface area contributed by atoms with Gasteiger partial charge in [-0.2, -0.15) is 13.2 Å². The van der Waals surface area contributed by atoms with Crippen LogP contribution >= 0.6 is 0 Å². The van der Waals surface area contributed by atoms with Crippen molar-refractivity contribution >= 4 is 15.8 Å². The molecule has 1 unspecified atom stereocenters. The van der Waals surface area contributed by atoms with Gasteiger partial charge >= 0.3 is 6.18 Å². The Morgan fingerprint density at radius 1 is 1.20 bits per heavy atom. The zero-order chi connectivity index (χ0) is 22.6. The number of benzene rings is 1. The second kappa shape index (κ2) is 9.55. The van der Waals surface area contributed by atoms with Crippen LogP contribution in [0.15, 0.2) is 29.3 Å². The molecular weight excluding hydrogens is 417 g/mol. The molecule has 1 saturated heterocycles. The van der Waals surface area contributed by atoms with Crippen molar-refractivity contribution in [1.82, 2.24) is 15.5 Å². The van der Waals surface area contributed by atoms with E-state index in [9.17, 15) is 21.6 Å². The van der Waals surface area contributed by atoms with Crippen LogP contribution in [0.4, 0.5) is 13.2 Å². The highest BCUT2D eigenvalue weighted by Gasteiger charge is 2.30. The first kappa shape index (κ1) is 24.5. The number of likely N-dealkylation sites (tertiary alicyclic amines) is 1. The quantitative estimate of drug-likeness (QED) is 0.517. The van der Waals surface area contributed by atoms with Crippen LogP contribution in [0, 0.1) is 0 Å². The van der Waals surface area contributed by atoms with E-state index in [1.165, 1.54) is 12.1 Å². The van der Waals surface area contributed by atoms with Gasteiger partial charge in [-0.25, -0.2) is 8.42 Å². The molecule has 1 aliphatic heterocycles. The molecule has 2 rings (SSSR count). The number of sulfone groups is 1. The molecule has 1 fully saturated rings. The predicted molar refractivity (Wildman–Crippen MR) is 113 cm³/mol. The second-order valence-electron chi connectivity index (χ2n) is 8.49. The van der Waals surface area contributed by atoms with Crippen LogP contribution in [0.2, 0.25) is 0 Å². The van der Waals surface area contributed by atoms with Crippen molar-refractivity contribution < 1.29 is 21.6 Å². The third-order valence-electron chi connectivity index (χ3n) is 5.12. The molecule has 0 aliphatic carbocycles. The van der Waals surface area contributed by atoms with Crippen molar-refractivity contribution in [3.05, 3.63) is 35.4 Å². The molecule has 1 atom stereocenters. The minimum Gasteiger partial charge on any atom is -0.355 e. The molecule has 1 aromatic carbocycles. The van der Waals surface area contributed by atoms with E-state index in [0.29, 0.717) is 12.5 Å². The van der Waals surface area contributed by atoms with Crippen LogP contribution in [0.3, 0.4) is 0 Å². The first-order valence-electron chi connectivity index (χ1n) is 9.90. The number of hydrogen-bond donors (Lipinski definition) is 2. The molecule has 170 valence electrons. The Bertz CT molecular complexity index is 831. The second-order valence-corrected chi connectivity index (χ2v) is 11.4. The minimum atomic E-state index is -4.32. The normalized spacial score (nSPS) is 19.2. The summed E-state index contributed by atoms with van der Waals surface area (Å²) in [4.78, 5) is 6.31. The third-order valence-corrected chi connectivity index (χ3v) is 7.73. The highest BCUT2D eigenvalue weighted by Crippen LogP contribution is 2.29. The molecule has 0 saturated carbocycles. The molecule has 1 heterocycles. The van der Waals surface area contributed by atoms with E-state index in [4.69, 9.17) is 0 Å². The number of halogens is 3. The van der Waals surface area contributed by atoms with Crippen LogP contribution < -0.4 is 10.6 Å². The molecular formula is C20H31F3N4O2S. The lowest BCUT2D eigenvalue weighted by atomic mass is 10.1. The largest absolute Gasteiger partial charge is 0.416 e. The van der Waals surface area contributed by atoms with Crippen molar-refractivity contribution in [2.45, 2.75) is 50.7 Å². The van der Waals surface area contributed by atoms with Gasteiger partial charge in [0.25, 0.3) is 0 Å². The number of rotatable bonds is 6. The maximum absolute atomic E-state index is 12.7. The third kappa shape index (κ3) is 6.87. The van der Waals surface area contributed by atoms with E-state index in [1.807, 2.05) is 0 Å². The first-order chi connectivity index (χ1) is 13.8. The Balaban J connectivity index is 1.80. The fraction of sp³-hybridized carbons (Fsp3) is 0.650. The molecule has 30 heavy (non-hydrogen) atoms. The minimum absolute atomic E-state index is 0.0158. The molecule has 0 radical (unpaired) electrons. The average Bonchev–Trinajstić information content (AvgIpc) is 3.06. The number of alkyl halides is 3. The topological polar surface area (TPSA) is 73.8 Å². The van der Waals surface area contributed by atoms with Crippen molar-refractivity contribution in [1.29, 1.82) is 0 Å². The monoisotopic (exact) mass is 448 g/mol. The van der Waals surface area contributed by atoms with Gasteiger partial charge in [0.1, 0.15) is 0 Å². The van der Waals surface area contributed by atoms with E-state index in [-0.39, 0.29) is 18.3 Å². The summed E-state index contributed by atoms with van der Waals surface area (Å²) in [5.74, 6) is 0.558. The van der Waals surface area contributed by atoms with E-state index in [0.717, 1.165) is 37.2 Å². The summed E-state index contributed by atoms with van der Waals surface area (Å²) in [7, 11) is -1.58. The van der Waals surface area contributed by atoms with Crippen molar-refractivity contribution in [3.8, 4) is 0 Å². The van der Waals surface area contributed by atoms with Crippen molar-refractivity contribution in [3.63, 3.8) is 0 Å². The fourth-order valence-electron chi connectivity index (χ4n) is 3.15. The predicted octanol–water partition coefficient (Wildman–Crippen LogP) is 2.66. The summed E-state index contributed by atoms with van der Waals surface area (Å²) in [6.45, 7) is 7.42. The Morgan fingerprint density at radius 2 is 1.83 bits per heavy atom. The first-order valence-corrected chi connectivity index (χ1v) is 11.5. The van der Waals surface area contributed by atoms with Crippen LogP contribution in [-0.2, 0) is 22.6 Å². The molecule has 1 aliphatic rings. The van der Waals surface area contributed by atoms with Gasteiger partial charge in [-0.1, -0.05) is 12.1 Å². The van der Waals surface area contributed by atoms with Crippen molar-refractivity contribution in [2.75, 3.05) is 32.4 Å². The van der Waals surface area contributed by atoms with Gasteiger partial charge < -0.3 is 10.6 Å². The van der Waals surface area contributed by atoms with E-state index >= 15 is 0 Å². The van der Waals surface area contributed by atoms with Gasteiger partial charge in [-0.05, 0) is 44.9 Å². The van der Waals surface area contributed by atoms with Crippen LogP contribution in [0.5, 0.6) is 0 Å². The van der Waals surface area contributed by atoms with E-state index in [2.05, 4.69) is 20.5 Å². The maximum atomic E-state index is 12.7. The van der Waals surface area contributed by atoms with E-state index < -0.39 is 26.3 Å². The summed E-state index contributed by atoms with van der Waals surface area (Å²) in [6.07, 6.45) is -3.46. The fourth-order valence-corrected chi connectivity index (χ4v) is 4.13. The maximum Gasteiger partial charge on any atom is 0.416 e. The number of nitrogens with one attached hydrogen (secondary N) is 2. The zero-order valence-corrected chi connectivity index (χ0v) is 18.7. The van der Waals surface area contributed by atoms with Gasteiger partial charge in [0.2, 0.25) is 0 Å². The lowest BCUT2D eigenvalue weighted by molar-refractivity contribution is -0.137. The Labute approximate surface area is 176 Å². The van der Waals surface area contributed by atoms with Crippen LogP contribution in [-0.4, -0.2) is 62.5 Å². The Kier molecular flexibility index (Phi) is 7.79. The average molecular weight is 449 g/mol. The van der Waals surface area contributed by atoms with Crippen LogP contribution in [0.25, 0.3) is 0 Å². The summed E-state index contributed by atoms with van der Waals surface area (Å²) in [5, 5.41) is 6.33. The lowest BCUT2D eigenvalue weighted by Gasteiger charge is -2.21. The lowest BCUT2D eigenvalue weighted by Crippen LogP contribution is -2.46. The smallest absolute Gasteiger partial charge is 0.355 e. The van der Waals surface area contributed by atoms with Gasteiger partial charge in [-0.15, -0.1) is 0 Å². The molecule has 0 aromatic heterocycles. The molecule has 1 aromatic rings. The molecule has 10 heteroatoms. The molecule has 0 spiro atoms. The summed E-state index contributed by atoms with van der Waals surface area (Å²) >= 11 is 0. The summed E-state index contributed by atoms with van der Waals surface area (Å²) < 4.78 is 61.6. The summed E-state index contributed by atoms with van der Waals surface area (Å²) in [6, 6.07) is 5.38. The number of guanidine groups is 1. The van der Waals surface area contributed by atoms with Gasteiger partial charge in [0.15, 0.2) is 15.8 Å². The number of hydrogen-bond acceptors (Lipinski definition) is 4. The van der Waals surface area contributed by atoms with Crippen LogP contribution in [0.1, 0.15) is 38.3 Å².